The van der Waals surface area contributed by atoms with E-state index in [-0.39, 0.29) is 13.1 Å². The first-order valence-electron chi connectivity index (χ1n) is 9.39. The van der Waals surface area contributed by atoms with E-state index in [4.69, 9.17) is 0 Å². The van der Waals surface area contributed by atoms with Gasteiger partial charge in [0.25, 0.3) is 0 Å². The molecule has 0 amide bonds. The standard InChI is InChI=1S/C20H19F3N4O2S/c21-20(22,23)16-2-1-3-17(12-16)30(28,29)25-10-11-27-19(15-4-5-15)13-18(26-27)14-6-8-24-9-7-14/h1-3,6-9,12-13,15,25H,4-5,10-11H2. The van der Waals surface area contributed by atoms with Crippen LogP contribution in [0.1, 0.15) is 30.0 Å². The summed E-state index contributed by atoms with van der Waals surface area (Å²) >= 11 is 0. The molecule has 10 heteroatoms. The van der Waals surface area contributed by atoms with E-state index in [1.807, 2.05) is 18.2 Å². The van der Waals surface area contributed by atoms with Gasteiger partial charge in [0.15, 0.2) is 0 Å². The van der Waals surface area contributed by atoms with Crippen LogP contribution in [-0.4, -0.2) is 29.7 Å². The molecule has 0 unspecified atom stereocenters. The van der Waals surface area contributed by atoms with E-state index >= 15 is 0 Å². The van der Waals surface area contributed by atoms with Gasteiger partial charge in [-0.25, -0.2) is 13.1 Å². The molecule has 1 saturated carbocycles. The molecule has 4 rings (SSSR count). The summed E-state index contributed by atoms with van der Waals surface area (Å²) in [5, 5.41) is 4.59. The van der Waals surface area contributed by atoms with Crippen LogP contribution in [0.2, 0.25) is 0 Å². The second-order valence-corrected chi connectivity index (χ2v) is 8.88. The number of alkyl halides is 3. The van der Waals surface area contributed by atoms with Crippen molar-refractivity contribution in [3.63, 3.8) is 0 Å². The summed E-state index contributed by atoms with van der Waals surface area (Å²) in [5.74, 6) is 0.396. The lowest BCUT2D eigenvalue weighted by Gasteiger charge is -2.11. The van der Waals surface area contributed by atoms with Crippen molar-refractivity contribution in [2.45, 2.75) is 36.4 Å². The van der Waals surface area contributed by atoms with Gasteiger partial charge in [-0.05, 0) is 49.2 Å². The Bertz CT molecular complexity index is 1140. The van der Waals surface area contributed by atoms with Gasteiger partial charge < -0.3 is 0 Å². The molecule has 0 atom stereocenters. The molecule has 158 valence electrons. The average molecular weight is 436 g/mol. The molecule has 1 aliphatic rings. The van der Waals surface area contributed by atoms with Gasteiger partial charge in [-0.2, -0.15) is 18.3 Å². The maximum Gasteiger partial charge on any atom is 0.416 e. The molecule has 1 aromatic carbocycles. The number of benzene rings is 1. The summed E-state index contributed by atoms with van der Waals surface area (Å²) in [6.07, 6.45) is 0.848. The predicted octanol–water partition coefficient (Wildman–Crippen LogP) is 3.82. The minimum absolute atomic E-state index is 0.00969. The number of aromatic nitrogens is 3. The second kappa shape index (κ2) is 7.84. The quantitative estimate of drug-likeness (QED) is 0.611. The lowest BCUT2D eigenvalue weighted by Crippen LogP contribution is -2.28. The Morgan fingerprint density at radius 2 is 1.83 bits per heavy atom. The Kier molecular flexibility index (Phi) is 5.37. The normalized spacial score (nSPS) is 14.8. The summed E-state index contributed by atoms with van der Waals surface area (Å²) in [4.78, 5) is 3.57. The van der Waals surface area contributed by atoms with Gasteiger partial charge in [0.2, 0.25) is 10.0 Å². The molecular formula is C20H19F3N4O2S. The molecule has 3 aromatic rings. The van der Waals surface area contributed by atoms with E-state index in [9.17, 15) is 21.6 Å². The highest BCUT2D eigenvalue weighted by Crippen LogP contribution is 2.41. The van der Waals surface area contributed by atoms with Crippen LogP contribution in [0.5, 0.6) is 0 Å². The van der Waals surface area contributed by atoms with Crippen molar-refractivity contribution in [3.05, 3.63) is 66.1 Å². The summed E-state index contributed by atoms with van der Waals surface area (Å²) in [5.41, 5.74) is 1.71. The van der Waals surface area contributed by atoms with Crippen LogP contribution >= 0.6 is 0 Å². The second-order valence-electron chi connectivity index (χ2n) is 7.11. The third-order valence-electron chi connectivity index (χ3n) is 4.87. The van der Waals surface area contributed by atoms with Crippen molar-refractivity contribution in [1.82, 2.24) is 19.5 Å². The number of rotatable bonds is 7. The van der Waals surface area contributed by atoms with Gasteiger partial charge in [-0.3, -0.25) is 9.67 Å². The Labute approximate surface area is 171 Å². The first-order valence-corrected chi connectivity index (χ1v) is 10.9. The number of pyridine rings is 1. The third-order valence-corrected chi connectivity index (χ3v) is 6.33. The van der Waals surface area contributed by atoms with E-state index in [1.165, 1.54) is 0 Å². The summed E-state index contributed by atoms with van der Waals surface area (Å²) in [6.45, 7) is 0.283. The summed E-state index contributed by atoms with van der Waals surface area (Å²) < 4.78 is 67.6. The van der Waals surface area contributed by atoms with Crippen LogP contribution in [0, 0.1) is 0 Å². The summed E-state index contributed by atoms with van der Waals surface area (Å²) in [6, 6.07) is 9.38. The van der Waals surface area contributed by atoms with Crippen LogP contribution in [0.15, 0.2) is 59.8 Å². The lowest BCUT2D eigenvalue weighted by molar-refractivity contribution is -0.137. The number of nitrogens with zero attached hydrogens (tertiary/aromatic N) is 3. The molecule has 0 aliphatic heterocycles. The number of hydrogen-bond donors (Lipinski definition) is 1. The fourth-order valence-electron chi connectivity index (χ4n) is 3.19. The minimum atomic E-state index is -4.61. The van der Waals surface area contributed by atoms with Gasteiger partial charge in [-0.15, -0.1) is 0 Å². The van der Waals surface area contributed by atoms with Crippen molar-refractivity contribution in [2.75, 3.05) is 6.54 Å². The van der Waals surface area contributed by atoms with Gasteiger partial charge in [0.1, 0.15) is 0 Å². The number of nitrogens with one attached hydrogen (secondary N) is 1. The molecule has 30 heavy (non-hydrogen) atoms. The van der Waals surface area contributed by atoms with E-state index in [1.54, 1.807) is 17.1 Å². The summed E-state index contributed by atoms with van der Waals surface area (Å²) in [7, 11) is -4.08. The molecule has 0 saturated heterocycles. The Balaban J connectivity index is 1.48. The SMILES string of the molecule is O=S(=O)(NCCn1nc(-c2ccncc2)cc1C1CC1)c1cccc(C(F)(F)F)c1. The molecule has 1 aliphatic carbocycles. The van der Waals surface area contributed by atoms with Crippen molar-refractivity contribution >= 4 is 10.0 Å². The molecule has 0 spiro atoms. The maximum atomic E-state index is 12.9. The van der Waals surface area contributed by atoms with E-state index < -0.39 is 26.7 Å². The van der Waals surface area contributed by atoms with Gasteiger partial charge >= 0.3 is 6.18 Å². The Hall–Kier alpha value is -2.72. The highest BCUT2D eigenvalue weighted by Gasteiger charge is 2.32. The van der Waals surface area contributed by atoms with Crippen molar-refractivity contribution < 1.29 is 21.6 Å². The third kappa shape index (κ3) is 4.54. The number of halogens is 3. The number of hydrogen-bond acceptors (Lipinski definition) is 4. The van der Waals surface area contributed by atoms with Crippen LogP contribution < -0.4 is 4.72 Å². The molecular weight excluding hydrogens is 417 g/mol. The highest BCUT2D eigenvalue weighted by atomic mass is 32.2. The fourth-order valence-corrected chi connectivity index (χ4v) is 4.26. The van der Waals surface area contributed by atoms with Gasteiger partial charge in [-0.1, -0.05) is 6.07 Å². The molecule has 2 aromatic heterocycles. The van der Waals surface area contributed by atoms with Crippen molar-refractivity contribution in [2.24, 2.45) is 0 Å². The van der Waals surface area contributed by atoms with Crippen LogP contribution in [-0.2, 0) is 22.7 Å². The molecule has 0 bridgehead atoms. The molecule has 0 radical (unpaired) electrons. The zero-order valence-corrected chi connectivity index (χ0v) is 16.6. The van der Waals surface area contributed by atoms with E-state index in [0.29, 0.717) is 12.0 Å². The molecule has 1 fully saturated rings. The largest absolute Gasteiger partial charge is 0.416 e. The molecule has 2 heterocycles. The Morgan fingerprint density at radius 1 is 1.10 bits per heavy atom. The molecule has 1 N–H and O–H groups in total. The van der Waals surface area contributed by atoms with Gasteiger partial charge in [0.05, 0.1) is 22.7 Å². The van der Waals surface area contributed by atoms with Gasteiger partial charge in [0, 0.05) is 36.1 Å². The fraction of sp³-hybridized carbons (Fsp3) is 0.300. The lowest BCUT2D eigenvalue weighted by atomic mass is 10.2. The first-order chi connectivity index (χ1) is 14.2. The number of sulfonamides is 1. The minimum Gasteiger partial charge on any atom is -0.267 e. The molecule has 6 nitrogen and oxygen atoms in total. The first kappa shape index (κ1) is 20.5. The maximum absolute atomic E-state index is 12.9. The average Bonchev–Trinajstić information content (AvgIpc) is 3.48. The zero-order valence-electron chi connectivity index (χ0n) is 15.8. The van der Waals surface area contributed by atoms with Crippen molar-refractivity contribution in [3.8, 4) is 11.3 Å². The monoisotopic (exact) mass is 436 g/mol. The van der Waals surface area contributed by atoms with Crippen LogP contribution in [0.25, 0.3) is 11.3 Å². The van der Waals surface area contributed by atoms with E-state index in [0.717, 1.165) is 48.0 Å². The van der Waals surface area contributed by atoms with E-state index in [2.05, 4.69) is 14.8 Å². The highest BCUT2D eigenvalue weighted by molar-refractivity contribution is 7.89. The zero-order chi connectivity index (χ0) is 21.4. The predicted molar refractivity (Wildman–Crippen MR) is 104 cm³/mol. The van der Waals surface area contributed by atoms with Crippen LogP contribution in [0.4, 0.5) is 13.2 Å². The topological polar surface area (TPSA) is 76.9 Å². The Morgan fingerprint density at radius 3 is 2.50 bits per heavy atom. The smallest absolute Gasteiger partial charge is 0.267 e. The van der Waals surface area contributed by atoms with Crippen LogP contribution in [0.3, 0.4) is 0 Å². The van der Waals surface area contributed by atoms with Crippen molar-refractivity contribution in [1.29, 1.82) is 0 Å².